The van der Waals surface area contributed by atoms with E-state index in [2.05, 4.69) is 24.0 Å². The molecule has 0 N–H and O–H groups in total. The third kappa shape index (κ3) is 3.22. The molecule has 0 fully saturated rings. The fourth-order valence-electron chi connectivity index (χ4n) is 2.84. The molecule has 0 radical (unpaired) electrons. The van der Waals surface area contributed by atoms with Crippen LogP contribution in [0.25, 0.3) is 0 Å². The van der Waals surface area contributed by atoms with Gasteiger partial charge in [-0.15, -0.1) is 0 Å². The monoisotopic (exact) mass is 281 g/mol. The van der Waals surface area contributed by atoms with E-state index >= 15 is 0 Å². The zero-order chi connectivity index (χ0) is 15.3. The molecule has 1 unspecified atom stereocenters. The van der Waals surface area contributed by atoms with E-state index in [1.807, 2.05) is 62.6 Å². The van der Waals surface area contributed by atoms with Crippen LogP contribution in [0.2, 0.25) is 0 Å². The first-order valence-electron chi connectivity index (χ1n) is 7.41. The van der Waals surface area contributed by atoms with Crippen molar-refractivity contribution in [1.29, 1.82) is 0 Å². The molecule has 2 nitrogen and oxygen atoms in total. The fourth-order valence-corrected chi connectivity index (χ4v) is 2.84. The van der Waals surface area contributed by atoms with Crippen LogP contribution in [0.3, 0.4) is 0 Å². The smallest absolute Gasteiger partial charge is 0.183 e. The first-order valence-corrected chi connectivity index (χ1v) is 7.41. The fraction of sp³-hybridized carbons (Fsp3) is 0.316. The second-order valence-electron chi connectivity index (χ2n) is 5.64. The maximum atomic E-state index is 13.1. The molecule has 0 aliphatic carbocycles. The van der Waals surface area contributed by atoms with Gasteiger partial charge in [0.15, 0.2) is 5.78 Å². The summed E-state index contributed by atoms with van der Waals surface area (Å²) in [7, 11) is 3.99. The summed E-state index contributed by atoms with van der Waals surface area (Å²) in [5, 5.41) is 0. The van der Waals surface area contributed by atoms with Crippen molar-refractivity contribution in [2.24, 2.45) is 0 Å². The second kappa shape index (κ2) is 6.68. The van der Waals surface area contributed by atoms with Crippen molar-refractivity contribution in [3.8, 4) is 0 Å². The molecule has 0 saturated heterocycles. The topological polar surface area (TPSA) is 20.3 Å². The molecule has 0 aliphatic rings. The Morgan fingerprint density at radius 2 is 1.48 bits per heavy atom. The number of rotatable bonds is 6. The van der Waals surface area contributed by atoms with Crippen LogP contribution in [0.1, 0.15) is 29.3 Å². The molecule has 2 aromatic carbocycles. The quantitative estimate of drug-likeness (QED) is 0.750. The number of hydrogen-bond donors (Lipinski definition) is 0. The number of ketones is 1. The summed E-state index contributed by atoms with van der Waals surface area (Å²) in [4.78, 5) is 15.2. The lowest BCUT2D eigenvalue weighted by Gasteiger charge is -2.38. The van der Waals surface area contributed by atoms with Crippen molar-refractivity contribution < 1.29 is 4.79 Å². The van der Waals surface area contributed by atoms with Gasteiger partial charge >= 0.3 is 0 Å². The molecule has 0 bridgehead atoms. The molecule has 0 saturated carbocycles. The molecule has 2 rings (SSSR count). The summed E-state index contributed by atoms with van der Waals surface area (Å²) in [6, 6.07) is 19.8. The van der Waals surface area contributed by atoms with Gasteiger partial charge in [0, 0.05) is 5.56 Å². The Morgan fingerprint density at radius 1 is 0.952 bits per heavy atom. The minimum absolute atomic E-state index is 0.194. The van der Waals surface area contributed by atoms with Gasteiger partial charge in [0.05, 0.1) is 5.54 Å². The van der Waals surface area contributed by atoms with E-state index < -0.39 is 5.54 Å². The number of likely N-dealkylation sites (N-methyl/N-ethyl adjacent to an activating group) is 1. The Kier molecular flexibility index (Phi) is 4.92. The van der Waals surface area contributed by atoms with Gasteiger partial charge < -0.3 is 0 Å². The highest BCUT2D eigenvalue weighted by molar-refractivity contribution is 6.03. The molecule has 21 heavy (non-hydrogen) atoms. The largest absolute Gasteiger partial charge is 0.297 e. The predicted molar refractivity (Wildman–Crippen MR) is 87.6 cm³/mol. The predicted octanol–water partition coefficient (Wildman–Crippen LogP) is 3.82. The second-order valence-corrected chi connectivity index (χ2v) is 5.64. The van der Waals surface area contributed by atoms with Gasteiger partial charge in [0.25, 0.3) is 0 Å². The van der Waals surface area contributed by atoms with Crippen LogP contribution in [0.5, 0.6) is 0 Å². The molecule has 2 heteroatoms. The molecular weight excluding hydrogens is 258 g/mol. The number of carbonyl (C=O) groups excluding carboxylic acids is 1. The van der Waals surface area contributed by atoms with E-state index in [9.17, 15) is 4.79 Å². The average Bonchev–Trinajstić information content (AvgIpc) is 2.53. The van der Waals surface area contributed by atoms with Gasteiger partial charge in [0.2, 0.25) is 0 Å². The SMILES string of the molecule is CCC(Cc1ccccc1)(C(=O)c1ccccc1)N(C)C. The standard InChI is InChI=1S/C19H23NO/c1-4-19(20(2)3,15-16-11-7-5-8-12-16)18(21)17-13-9-6-10-14-17/h5-14H,4,15H2,1-3H3. The van der Waals surface area contributed by atoms with Crippen molar-refractivity contribution in [3.63, 3.8) is 0 Å². The van der Waals surface area contributed by atoms with E-state index in [1.165, 1.54) is 5.56 Å². The lowest BCUT2D eigenvalue weighted by Crippen LogP contribution is -2.52. The molecule has 1 atom stereocenters. The normalized spacial score (nSPS) is 13.9. The number of hydrogen-bond acceptors (Lipinski definition) is 2. The number of carbonyl (C=O) groups is 1. The van der Waals surface area contributed by atoms with E-state index in [0.29, 0.717) is 0 Å². The van der Waals surface area contributed by atoms with E-state index in [0.717, 1.165) is 18.4 Å². The van der Waals surface area contributed by atoms with Crippen LogP contribution in [-0.2, 0) is 6.42 Å². The molecule has 0 heterocycles. The lowest BCUT2D eigenvalue weighted by atomic mass is 9.80. The summed E-state index contributed by atoms with van der Waals surface area (Å²) in [5.74, 6) is 0.194. The molecule has 110 valence electrons. The molecular formula is C19H23NO. The summed E-state index contributed by atoms with van der Waals surface area (Å²) in [6.45, 7) is 2.09. The van der Waals surface area contributed by atoms with Crippen molar-refractivity contribution in [2.45, 2.75) is 25.3 Å². The minimum atomic E-state index is -0.497. The first kappa shape index (κ1) is 15.5. The molecule has 0 aromatic heterocycles. The molecule has 0 amide bonds. The highest BCUT2D eigenvalue weighted by Crippen LogP contribution is 2.27. The zero-order valence-electron chi connectivity index (χ0n) is 13.0. The molecule has 0 spiro atoms. The summed E-state index contributed by atoms with van der Waals surface area (Å²) in [5.41, 5.74) is 1.48. The van der Waals surface area contributed by atoms with Gasteiger partial charge in [-0.25, -0.2) is 0 Å². The van der Waals surface area contributed by atoms with Crippen LogP contribution < -0.4 is 0 Å². The van der Waals surface area contributed by atoms with Crippen molar-refractivity contribution in [1.82, 2.24) is 4.90 Å². The average molecular weight is 281 g/mol. The Hall–Kier alpha value is -1.93. The van der Waals surface area contributed by atoms with Crippen LogP contribution in [0.4, 0.5) is 0 Å². The van der Waals surface area contributed by atoms with Crippen LogP contribution in [0, 0.1) is 0 Å². The Bertz CT molecular complexity index is 577. The summed E-state index contributed by atoms with van der Waals surface area (Å²) < 4.78 is 0. The summed E-state index contributed by atoms with van der Waals surface area (Å²) >= 11 is 0. The third-order valence-corrected chi connectivity index (χ3v) is 4.24. The van der Waals surface area contributed by atoms with Gasteiger partial charge in [-0.1, -0.05) is 67.6 Å². The Labute approximate surface area is 127 Å². The third-order valence-electron chi connectivity index (χ3n) is 4.24. The van der Waals surface area contributed by atoms with Crippen molar-refractivity contribution in [3.05, 3.63) is 71.8 Å². The molecule has 0 aliphatic heterocycles. The van der Waals surface area contributed by atoms with E-state index in [4.69, 9.17) is 0 Å². The van der Waals surface area contributed by atoms with Crippen molar-refractivity contribution >= 4 is 5.78 Å². The molecule has 2 aromatic rings. The highest BCUT2D eigenvalue weighted by atomic mass is 16.1. The Balaban J connectivity index is 2.40. The number of Topliss-reactive ketones (excluding diaryl/α,β-unsaturated/α-hetero) is 1. The van der Waals surface area contributed by atoms with Crippen molar-refractivity contribution in [2.75, 3.05) is 14.1 Å². The minimum Gasteiger partial charge on any atom is -0.297 e. The number of nitrogens with zero attached hydrogens (tertiary/aromatic N) is 1. The van der Waals surface area contributed by atoms with Gasteiger partial charge in [0.1, 0.15) is 0 Å². The van der Waals surface area contributed by atoms with Gasteiger partial charge in [-0.3, -0.25) is 9.69 Å². The van der Waals surface area contributed by atoms with E-state index in [-0.39, 0.29) is 5.78 Å². The van der Waals surface area contributed by atoms with Gasteiger partial charge in [-0.05, 0) is 32.5 Å². The lowest BCUT2D eigenvalue weighted by molar-refractivity contribution is 0.0666. The Morgan fingerprint density at radius 3 is 1.95 bits per heavy atom. The van der Waals surface area contributed by atoms with Crippen LogP contribution in [0.15, 0.2) is 60.7 Å². The van der Waals surface area contributed by atoms with E-state index in [1.54, 1.807) is 0 Å². The maximum Gasteiger partial charge on any atom is 0.183 e. The number of benzene rings is 2. The van der Waals surface area contributed by atoms with Gasteiger partial charge in [-0.2, -0.15) is 0 Å². The maximum absolute atomic E-state index is 13.1. The highest BCUT2D eigenvalue weighted by Gasteiger charge is 2.39. The zero-order valence-corrected chi connectivity index (χ0v) is 13.0. The summed E-state index contributed by atoms with van der Waals surface area (Å²) in [6.07, 6.45) is 1.51. The first-order chi connectivity index (χ1) is 10.1. The van der Waals surface area contributed by atoms with Crippen LogP contribution >= 0.6 is 0 Å². The van der Waals surface area contributed by atoms with Crippen LogP contribution in [-0.4, -0.2) is 30.3 Å².